The van der Waals surface area contributed by atoms with Gasteiger partial charge in [0.25, 0.3) is 0 Å². The predicted octanol–water partition coefficient (Wildman–Crippen LogP) is 7.64. The average molecular weight is 442 g/mol. The molecule has 0 spiro atoms. The highest BCUT2D eigenvalue weighted by atomic mass is 31.0. The molecule has 1 N–H and O–H groups in total. The summed E-state index contributed by atoms with van der Waals surface area (Å²) in [4.78, 5) is 10.1. The van der Waals surface area contributed by atoms with E-state index in [1.54, 1.807) is 0 Å². The number of hydrogen-bond donors (Lipinski definition) is 1. The van der Waals surface area contributed by atoms with Gasteiger partial charge in [0.2, 0.25) is 5.82 Å². The molecule has 1 rings (SSSR count). The summed E-state index contributed by atoms with van der Waals surface area (Å²) < 4.78 is 62.1. The summed E-state index contributed by atoms with van der Waals surface area (Å²) in [6.07, 6.45) is 18.7. The highest BCUT2D eigenvalue weighted by Crippen LogP contribution is 2.22. The van der Waals surface area contributed by atoms with Gasteiger partial charge in [-0.15, -0.1) is 9.24 Å². The van der Waals surface area contributed by atoms with Crippen molar-refractivity contribution in [3.8, 4) is 0 Å². The molecule has 0 aliphatic rings. The van der Waals surface area contributed by atoms with Gasteiger partial charge < -0.3 is 5.11 Å². The van der Waals surface area contributed by atoms with Gasteiger partial charge in [0.1, 0.15) is 5.56 Å². The molecule has 8 heteroatoms. The maximum atomic E-state index is 12.6. The lowest BCUT2D eigenvalue weighted by Crippen LogP contribution is -2.11. The Morgan fingerprint density at radius 3 is 1.28 bits per heavy atom. The molecule has 0 amide bonds. The third-order valence-corrected chi connectivity index (χ3v) is 4.89. The zero-order valence-corrected chi connectivity index (χ0v) is 18.2. The molecule has 1 aromatic rings. The van der Waals surface area contributed by atoms with Gasteiger partial charge in [-0.25, -0.2) is 26.7 Å². The van der Waals surface area contributed by atoms with Crippen LogP contribution in [0.1, 0.15) is 94.3 Å². The van der Waals surface area contributed by atoms with E-state index in [4.69, 9.17) is 5.11 Å². The summed E-state index contributed by atoms with van der Waals surface area (Å²) in [7, 11) is 2.81. The molecule has 168 valence electrons. The Labute approximate surface area is 172 Å². The summed E-state index contributed by atoms with van der Waals surface area (Å²) in [5.74, 6) is -13.9. The van der Waals surface area contributed by atoms with Gasteiger partial charge in [0, 0.05) is 0 Å². The molecule has 0 aliphatic heterocycles. The summed E-state index contributed by atoms with van der Waals surface area (Å²) in [5, 5.41) is 8.15. The van der Waals surface area contributed by atoms with Crippen LogP contribution in [0.15, 0.2) is 0 Å². The Morgan fingerprint density at radius 2 is 0.966 bits per heavy atom. The van der Waals surface area contributed by atoms with Crippen LogP contribution in [0.4, 0.5) is 22.0 Å². The fourth-order valence-electron chi connectivity index (χ4n) is 2.78. The lowest BCUT2D eigenvalue weighted by Gasteiger charge is -2.03. The molecule has 1 unspecified atom stereocenters. The quantitative estimate of drug-likeness (QED) is 0.112. The highest BCUT2D eigenvalue weighted by Gasteiger charge is 2.29. The molecule has 2 nitrogen and oxygen atoms in total. The fraction of sp³-hybridized carbons (Fsp3) is 0.667. The van der Waals surface area contributed by atoms with Crippen LogP contribution in [-0.4, -0.2) is 17.2 Å². The van der Waals surface area contributed by atoms with Gasteiger partial charge in [-0.1, -0.05) is 77.6 Å². The van der Waals surface area contributed by atoms with E-state index in [2.05, 4.69) is 16.2 Å². The predicted molar refractivity (Wildman–Crippen MR) is 109 cm³/mol. The van der Waals surface area contributed by atoms with E-state index in [9.17, 15) is 26.7 Å². The van der Waals surface area contributed by atoms with Crippen molar-refractivity contribution in [3.05, 3.63) is 34.6 Å². The smallest absolute Gasteiger partial charge is 0.341 e. The second-order valence-electron chi connectivity index (χ2n) is 6.93. The summed E-state index contributed by atoms with van der Waals surface area (Å²) in [6, 6.07) is 0. The molecular formula is C21H32F5O2P. The lowest BCUT2D eigenvalue weighted by atomic mass is 10.1. The van der Waals surface area contributed by atoms with Crippen molar-refractivity contribution in [2.24, 2.45) is 0 Å². The first-order chi connectivity index (χ1) is 13.8. The highest BCUT2D eigenvalue weighted by molar-refractivity contribution is 7.16. The number of hydrogen-bond acceptors (Lipinski definition) is 1. The minimum absolute atomic E-state index is 1.29. The van der Waals surface area contributed by atoms with Crippen LogP contribution >= 0.6 is 9.24 Å². The number of carboxylic acids is 1. The number of unbranched alkanes of at least 4 members (excludes halogenated alkanes) is 11. The Hall–Kier alpha value is -1.23. The topological polar surface area (TPSA) is 37.3 Å². The van der Waals surface area contributed by atoms with E-state index in [0.717, 1.165) is 0 Å². The molecule has 0 aliphatic carbocycles. The maximum Gasteiger partial charge on any atom is 0.341 e. The SMILES string of the molecule is CCCCCCCCCCCCCCP.O=C(O)c1c(F)c(F)c(F)c(F)c1F. The molecular weight excluding hydrogens is 410 g/mol. The van der Waals surface area contributed by atoms with Crippen LogP contribution in [0.3, 0.4) is 0 Å². The van der Waals surface area contributed by atoms with Gasteiger partial charge in [-0.3, -0.25) is 0 Å². The van der Waals surface area contributed by atoms with E-state index in [-0.39, 0.29) is 0 Å². The molecule has 1 aromatic carbocycles. The zero-order chi connectivity index (χ0) is 22.2. The molecule has 0 saturated heterocycles. The van der Waals surface area contributed by atoms with Crippen LogP contribution in [0.5, 0.6) is 0 Å². The molecule has 0 aromatic heterocycles. The number of halogens is 5. The van der Waals surface area contributed by atoms with Crippen LogP contribution < -0.4 is 0 Å². The average Bonchev–Trinajstić information content (AvgIpc) is 2.69. The van der Waals surface area contributed by atoms with E-state index in [0.29, 0.717) is 0 Å². The zero-order valence-electron chi connectivity index (χ0n) is 17.0. The molecule has 29 heavy (non-hydrogen) atoms. The lowest BCUT2D eigenvalue weighted by molar-refractivity contribution is 0.0682. The Kier molecular flexibility index (Phi) is 15.9. The third kappa shape index (κ3) is 10.9. The van der Waals surface area contributed by atoms with Crippen molar-refractivity contribution in [1.82, 2.24) is 0 Å². The number of benzene rings is 1. The van der Waals surface area contributed by atoms with Crippen molar-refractivity contribution in [1.29, 1.82) is 0 Å². The van der Waals surface area contributed by atoms with Gasteiger partial charge >= 0.3 is 5.97 Å². The van der Waals surface area contributed by atoms with Gasteiger partial charge in [-0.05, 0) is 12.6 Å². The van der Waals surface area contributed by atoms with Crippen LogP contribution in [-0.2, 0) is 0 Å². The summed E-state index contributed by atoms with van der Waals surface area (Å²) >= 11 is 0. The van der Waals surface area contributed by atoms with Crippen molar-refractivity contribution in [2.45, 2.75) is 84.0 Å². The van der Waals surface area contributed by atoms with Crippen molar-refractivity contribution < 1.29 is 31.9 Å². The van der Waals surface area contributed by atoms with Gasteiger partial charge in [0.15, 0.2) is 23.3 Å². The second-order valence-corrected chi connectivity index (χ2v) is 7.51. The number of carboxylic acid groups (broad SMARTS) is 1. The minimum Gasteiger partial charge on any atom is -0.477 e. The second kappa shape index (κ2) is 16.6. The van der Waals surface area contributed by atoms with Crippen molar-refractivity contribution in [2.75, 3.05) is 6.16 Å². The number of rotatable bonds is 13. The van der Waals surface area contributed by atoms with E-state index in [1.165, 1.54) is 83.2 Å². The third-order valence-electron chi connectivity index (χ3n) is 4.48. The van der Waals surface area contributed by atoms with Crippen molar-refractivity contribution in [3.63, 3.8) is 0 Å². The first-order valence-corrected chi connectivity index (χ1v) is 11.1. The van der Waals surface area contributed by atoms with E-state index in [1.807, 2.05) is 0 Å². The summed E-state index contributed by atoms with van der Waals surface area (Å²) in [6.45, 7) is 2.29. The van der Waals surface area contributed by atoms with Crippen LogP contribution in [0.2, 0.25) is 0 Å². The van der Waals surface area contributed by atoms with Crippen LogP contribution in [0, 0.1) is 29.1 Å². The Balaban J connectivity index is 0.000000541. The molecule has 0 radical (unpaired) electrons. The number of carbonyl (C=O) groups is 1. The standard InChI is InChI=1S/C14H31P.C7HF5O2/c1-2-3-4-5-6-7-8-9-10-11-12-13-14-15;8-2-1(7(13)14)3(9)5(11)6(12)4(2)10/h2-15H2,1H3;(H,13,14). The maximum absolute atomic E-state index is 12.6. The fourth-order valence-corrected chi connectivity index (χ4v) is 3.07. The van der Waals surface area contributed by atoms with E-state index >= 15 is 0 Å². The van der Waals surface area contributed by atoms with Gasteiger partial charge in [-0.2, -0.15) is 0 Å². The number of aromatic carboxylic acids is 1. The first kappa shape index (κ1) is 27.8. The van der Waals surface area contributed by atoms with Crippen LogP contribution in [0.25, 0.3) is 0 Å². The molecule has 0 fully saturated rings. The largest absolute Gasteiger partial charge is 0.477 e. The molecule has 0 bridgehead atoms. The Morgan fingerprint density at radius 1 is 0.655 bits per heavy atom. The normalized spacial score (nSPS) is 10.6. The first-order valence-electron chi connectivity index (χ1n) is 10.2. The monoisotopic (exact) mass is 442 g/mol. The van der Waals surface area contributed by atoms with Gasteiger partial charge in [0.05, 0.1) is 0 Å². The molecule has 0 saturated carbocycles. The summed E-state index contributed by atoms with van der Waals surface area (Å²) in [5.41, 5.74) is -1.86. The molecule has 0 heterocycles. The minimum atomic E-state index is -2.38. The molecule has 1 atom stereocenters. The Bertz CT molecular complexity index is 570. The van der Waals surface area contributed by atoms with Crippen molar-refractivity contribution >= 4 is 15.2 Å². The van der Waals surface area contributed by atoms with E-state index < -0.39 is 40.6 Å².